The third-order valence-corrected chi connectivity index (χ3v) is 5.69. The van der Waals surface area contributed by atoms with E-state index < -0.39 is 0 Å². The van der Waals surface area contributed by atoms with Gasteiger partial charge in [0.1, 0.15) is 11.5 Å². The van der Waals surface area contributed by atoms with Gasteiger partial charge in [-0.25, -0.2) is 0 Å². The fourth-order valence-electron chi connectivity index (χ4n) is 4.29. The van der Waals surface area contributed by atoms with Gasteiger partial charge in [0.05, 0.1) is 23.4 Å². The molecule has 0 spiro atoms. The number of carbonyl (C=O) groups is 1. The number of hydrogen-bond donors (Lipinski definition) is 2. The Kier molecular flexibility index (Phi) is 4.37. The Bertz CT molecular complexity index is 744. The molecule has 4 rings (SSSR count). The Morgan fingerprint density at radius 2 is 2.08 bits per heavy atom. The first-order valence-electron chi connectivity index (χ1n) is 9.28. The molecule has 2 aliphatic rings. The van der Waals surface area contributed by atoms with Gasteiger partial charge in [0.25, 0.3) is 5.91 Å². The van der Waals surface area contributed by atoms with Gasteiger partial charge in [0, 0.05) is 25.0 Å². The molecular formula is C19H26N4O2. The molecule has 3 heterocycles. The van der Waals surface area contributed by atoms with Gasteiger partial charge < -0.3 is 15.1 Å². The normalized spacial score (nSPS) is 24.8. The number of H-pyrrole nitrogens is 1. The summed E-state index contributed by atoms with van der Waals surface area (Å²) in [5, 5.41) is 7.26. The summed E-state index contributed by atoms with van der Waals surface area (Å²) in [6.07, 6.45) is 7.70. The SMILES string of the molecule is Cc1ccc([C@@H]2CN(C(=O)c3cn[nH]c3C3CCCCC3)C[C@H]2N)o1. The van der Waals surface area contributed by atoms with Gasteiger partial charge in [0.15, 0.2) is 0 Å². The van der Waals surface area contributed by atoms with Crippen LogP contribution in [-0.4, -0.2) is 40.1 Å². The fourth-order valence-corrected chi connectivity index (χ4v) is 4.29. The van der Waals surface area contributed by atoms with Crippen LogP contribution in [0.4, 0.5) is 0 Å². The van der Waals surface area contributed by atoms with Crippen LogP contribution in [-0.2, 0) is 0 Å². The number of aromatic amines is 1. The summed E-state index contributed by atoms with van der Waals surface area (Å²) in [6.45, 7) is 3.08. The fraction of sp³-hybridized carbons (Fsp3) is 0.579. The van der Waals surface area contributed by atoms with E-state index in [1.54, 1.807) is 6.20 Å². The smallest absolute Gasteiger partial charge is 0.257 e. The Hall–Kier alpha value is -2.08. The molecule has 1 aliphatic heterocycles. The topological polar surface area (TPSA) is 88.2 Å². The number of aromatic nitrogens is 2. The van der Waals surface area contributed by atoms with Crippen molar-refractivity contribution in [1.82, 2.24) is 15.1 Å². The van der Waals surface area contributed by atoms with Crippen LogP contribution in [0.15, 0.2) is 22.7 Å². The highest BCUT2D eigenvalue weighted by Crippen LogP contribution is 2.34. The molecule has 25 heavy (non-hydrogen) atoms. The number of hydrogen-bond acceptors (Lipinski definition) is 4. The molecule has 2 aromatic heterocycles. The zero-order chi connectivity index (χ0) is 17.4. The van der Waals surface area contributed by atoms with Gasteiger partial charge >= 0.3 is 0 Å². The second kappa shape index (κ2) is 6.67. The maximum atomic E-state index is 13.1. The predicted octanol–water partition coefficient (Wildman–Crippen LogP) is 2.93. The number of likely N-dealkylation sites (tertiary alicyclic amines) is 1. The molecule has 134 valence electrons. The van der Waals surface area contributed by atoms with Crippen molar-refractivity contribution in [2.45, 2.75) is 56.9 Å². The molecule has 0 radical (unpaired) electrons. The Morgan fingerprint density at radius 3 is 2.80 bits per heavy atom. The van der Waals surface area contributed by atoms with E-state index in [0.717, 1.165) is 35.6 Å². The largest absolute Gasteiger partial charge is 0.466 e. The van der Waals surface area contributed by atoms with Gasteiger partial charge in [-0.3, -0.25) is 9.89 Å². The minimum absolute atomic E-state index is 0.0375. The lowest BCUT2D eigenvalue weighted by Gasteiger charge is -2.22. The second-order valence-electron chi connectivity index (χ2n) is 7.46. The Balaban J connectivity index is 1.51. The summed E-state index contributed by atoms with van der Waals surface area (Å²) in [6, 6.07) is 3.82. The first-order chi connectivity index (χ1) is 12.1. The van der Waals surface area contributed by atoms with Gasteiger partial charge in [-0.2, -0.15) is 5.10 Å². The van der Waals surface area contributed by atoms with E-state index in [1.807, 2.05) is 24.0 Å². The van der Waals surface area contributed by atoms with Gasteiger partial charge in [-0.1, -0.05) is 19.3 Å². The van der Waals surface area contributed by atoms with Crippen molar-refractivity contribution in [3.05, 3.63) is 41.1 Å². The summed E-state index contributed by atoms with van der Waals surface area (Å²) < 4.78 is 5.74. The molecule has 1 saturated carbocycles. The molecule has 1 amide bonds. The summed E-state index contributed by atoms with van der Waals surface area (Å²) in [5.41, 5.74) is 8.03. The monoisotopic (exact) mass is 342 g/mol. The van der Waals surface area contributed by atoms with Crippen molar-refractivity contribution < 1.29 is 9.21 Å². The third kappa shape index (κ3) is 3.11. The highest BCUT2D eigenvalue weighted by molar-refractivity contribution is 5.95. The molecule has 0 unspecified atom stereocenters. The standard InChI is InChI=1S/C19H26N4O2/c1-12-7-8-17(25-12)15-10-23(11-16(15)20)19(24)14-9-21-22-18(14)13-5-3-2-4-6-13/h7-9,13,15-16H,2-6,10-11,20H2,1H3,(H,21,22)/t15-,16-/m1/s1. The first kappa shape index (κ1) is 16.4. The third-order valence-electron chi connectivity index (χ3n) is 5.69. The highest BCUT2D eigenvalue weighted by atomic mass is 16.3. The Morgan fingerprint density at radius 1 is 1.28 bits per heavy atom. The van der Waals surface area contributed by atoms with E-state index >= 15 is 0 Å². The van der Waals surface area contributed by atoms with Crippen LogP contribution in [0.5, 0.6) is 0 Å². The number of nitrogens with two attached hydrogens (primary N) is 1. The zero-order valence-electron chi connectivity index (χ0n) is 14.7. The lowest BCUT2D eigenvalue weighted by molar-refractivity contribution is 0.0786. The maximum absolute atomic E-state index is 13.1. The summed E-state index contributed by atoms with van der Waals surface area (Å²) in [4.78, 5) is 14.9. The van der Waals surface area contributed by atoms with E-state index in [4.69, 9.17) is 10.2 Å². The van der Waals surface area contributed by atoms with Crippen LogP contribution in [0, 0.1) is 6.92 Å². The molecule has 6 nitrogen and oxygen atoms in total. The van der Waals surface area contributed by atoms with Gasteiger partial charge in [-0.15, -0.1) is 0 Å². The maximum Gasteiger partial charge on any atom is 0.257 e. The average Bonchev–Trinajstić information content (AvgIpc) is 3.34. The quantitative estimate of drug-likeness (QED) is 0.897. The number of nitrogens with zero attached hydrogens (tertiary/aromatic N) is 2. The van der Waals surface area contributed by atoms with E-state index in [9.17, 15) is 4.79 Å². The second-order valence-corrected chi connectivity index (χ2v) is 7.46. The molecule has 0 aromatic carbocycles. The zero-order valence-corrected chi connectivity index (χ0v) is 14.7. The molecular weight excluding hydrogens is 316 g/mol. The minimum atomic E-state index is -0.0977. The van der Waals surface area contributed by atoms with Crippen LogP contribution in [0.1, 0.15) is 71.5 Å². The van der Waals surface area contributed by atoms with E-state index in [0.29, 0.717) is 19.0 Å². The number of rotatable bonds is 3. The van der Waals surface area contributed by atoms with Crippen LogP contribution >= 0.6 is 0 Å². The molecule has 2 fully saturated rings. The first-order valence-corrected chi connectivity index (χ1v) is 9.28. The summed E-state index contributed by atoms with van der Waals surface area (Å²) >= 11 is 0. The van der Waals surface area contributed by atoms with Crippen LogP contribution in [0.25, 0.3) is 0 Å². The lowest BCUT2D eigenvalue weighted by Crippen LogP contribution is -2.32. The predicted molar refractivity (Wildman–Crippen MR) is 94.5 cm³/mol. The number of nitrogens with one attached hydrogen (secondary N) is 1. The van der Waals surface area contributed by atoms with Crippen molar-refractivity contribution in [2.75, 3.05) is 13.1 Å². The highest BCUT2D eigenvalue weighted by Gasteiger charge is 2.37. The van der Waals surface area contributed by atoms with Crippen LogP contribution in [0.3, 0.4) is 0 Å². The average molecular weight is 342 g/mol. The molecule has 2 aromatic rings. The van der Waals surface area contributed by atoms with Gasteiger partial charge in [0.2, 0.25) is 0 Å². The van der Waals surface area contributed by atoms with E-state index in [-0.39, 0.29) is 17.9 Å². The molecule has 2 atom stereocenters. The lowest BCUT2D eigenvalue weighted by atomic mass is 9.85. The summed E-state index contributed by atoms with van der Waals surface area (Å²) in [7, 11) is 0. The number of furan rings is 1. The number of amides is 1. The van der Waals surface area contributed by atoms with Crippen molar-refractivity contribution >= 4 is 5.91 Å². The molecule has 6 heteroatoms. The van der Waals surface area contributed by atoms with Crippen molar-refractivity contribution in [1.29, 1.82) is 0 Å². The Labute approximate surface area is 147 Å². The summed E-state index contributed by atoms with van der Waals surface area (Å²) in [5.74, 6) is 2.27. The van der Waals surface area contributed by atoms with Crippen molar-refractivity contribution in [3.63, 3.8) is 0 Å². The van der Waals surface area contributed by atoms with Crippen LogP contribution < -0.4 is 5.73 Å². The van der Waals surface area contributed by atoms with Crippen molar-refractivity contribution in [2.24, 2.45) is 5.73 Å². The minimum Gasteiger partial charge on any atom is -0.466 e. The molecule has 0 bridgehead atoms. The van der Waals surface area contributed by atoms with Crippen molar-refractivity contribution in [3.8, 4) is 0 Å². The number of aryl methyl sites for hydroxylation is 1. The van der Waals surface area contributed by atoms with E-state index in [1.165, 1.54) is 19.3 Å². The number of carbonyl (C=O) groups excluding carboxylic acids is 1. The van der Waals surface area contributed by atoms with Gasteiger partial charge in [-0.05, 0) is 31.9 Å². The van der Waals surface area contributed by atoms with Crippen LogP contribution in [0.2, 0.25) is 0 Å². The van der Waals surface area contributed by atoms with E-state index in [2.05, 4.69) is 10.2 Å². The molecule has 1 aliphatic carbocycles. The molecule has 1 saturated heterocycles. The molecule has 3 N–H and O–H groups in total.